The number of amides is 1. The van der Waals surface area contributed by atoms with E-state index in [-0.39, 0.29) is 11.5 Å². The van der Waals surface area contributed by atoms with Gasteiger partial charge < -0.3 is 9.80 Å². The number of carbonyl (C=O) groups is 1. The second-order valence-corrected chi connectivity index (χ2v) is 5.41. The summed E-state index contributed by atoms with van der Waals surface area (Å²) >= 11 is 0. The highest BCUT2D eigenvalue weighted by molar-refractivity contribution is 5.94. The Labute approximate surface area is 122 Å². The van der Waals surface area contributed by atoms with Gasteiger partial charge in [0.25, 0.3) is 5.91 Å². The summed E-state index contributed by atoms with van der Waals surface area (Å²) < 4.78 is 13.3. The first-order chi connectivity index (χ1) is 9.90. The van der Waals surface area contributed by atoms with Crippen LogP contribution in [0.15, 0.2) is 18.2 Å². The van der Waals surface area contributed by atoms with Crippen LogP contribution >= 0.6 is 0 Å². The Morgan fingerprint density at radius 2 is 2.00 bits per heavy atom. The van der Waals surface area contributed by atoms with Crippen molar-refractivity contribution >= 4 is 11.6 Å². The number of piperidine rings is 1. The van der Waals surface area contributed by atoms with Gasteiger partial charge in [0, 0.05) is 30.8 Å². The van der Waals surface area contributed by atoms with Crippen molar-refractivity contribution in [2.24, 2.45) is 0 Å². The van der Waals surface area contributed by atoms with Crippen molar-refractivity contribution in [2.45, 2.75) is 18.9 Å². The summed E-state index contributed by atoms with van der Waals surface area (Å²) in [6, 6.07) is 3.72. The molecular weight excluding hydrogens is 277 g/mol. The van der Waals surface area contributed by atoms with Crippen LogP contribution < -0.4 is 0 Å². The zero-order valence-corrected chi connectivity index (χ0v) is 12.1. The van der Waals surface area contributed by atoms with Gasteiger partial charge in [0.05, 0.1) is 4.92 Å². The van der Waals surface area contributed by atoms with Crippen molar-refractivity contribution in [1.82, 2.24) is 9.80 Å². The molecule has 21 heavy (non-hydrogen) atoms. The highest BCUT2D eigenvalue weighted by Crippen LogP contribution is 2.21. The van der Waals surface area contributed by atoms with E-state index in [1.807, 2.05) is 14.1 Å². The predicted octanol–water partition coefficient (Wildman–Crippen LogP) is 1.90. The lowest BCUT2D eigenvalue weighted by Crippen LogP contribution is -2.44. The number of halogens is 1. The van der Waals surface area contributed by atoms with E-state index in [0.29, 0.717) is 19.1 Å². The number of nitro benzene ring substituents is 1. The maximum Gasteiger partial charge on any atom is 0.305 e. The number of carbonyl (C=O) groups excluding carboxylic acids is 1. The Morgan fingerprint density at radius 3 is 2.52 bits per heavy atom. The SMILES string of the molecule is CN(C)C1CCN(C(=O)c2ccc(F)c([N+](=O)[O-])c2)CC1. The number of rotatable bonds is 3. The number of hydrogen-bond donors (Lipinski definition) is 0. The van der Waals surface area contributed by atoms with E-state index >= 15 is 0 Å². The van der Waals surface area contributed by atoms with E-state index in [1.54, 1.807) is 4.90 Å². The number of likely N-dealkylation sites (tertiary alicyclic amines) is 1. The molecule has 0 spiro atoms. The number of hydrogen-bond acceptors (Lipinski definition) is 4. The molecule has 0 atom stereocenters. The topological polar surface area (TPSA) is 66.7 Å². The minimum absolute atomic E-state index is 0.159. The van der Waals surface area contributed by atoms with Crippen molar-refractivity contribution in [1.29, 1.82) is 0 Å². The smallest absolute Gasteiger partial charge is 0.305 e. The van der Waals surface area contributed by atoms with Crippen LogP contribution in [0, 0.1) is 15.9 Å². The Morgan fingerprint density at radius 1 is 1.38 bits per heavy atom. The molecule has 0 N–H and O–H groups in total. The molecule has 1 saturated heterocycles. The molecule has 0 radical (unpaired) electrons. The number of nitrogens with zero attached hydrogens (tertiary/aromatic N) is 3. The van der Waals surface area contributed by atoms with E-state index in [0.717, 1.165) is 25.0 Å². The lowest BCUT2D eigenvalue weighted by Gasteiger charge is -2.35. The van der Waals surface area contributed by atoms with Crippen molar-refractivity contribution in [2.75, 3.05) is 27.2 Å². The van der Waals surface area contributed by atoms with Gasteiger partial charge in [-0.15, -0.1) is 0 Å². The third kappa shape index (κ3) is 3.36. The Hall–Kier alpha value is -2.02. The average Bonchev–Trinajstić information content (AvgIpc) is 2.46. The molecule has 1 heterocycles. The zero-order valence-electron chi connectivity index (χ0n) is 12.1. The van der Waals surface area contributed by atoms with Crippen LogP contribution in [0.2, 0.25) is 0 Å². The molecule has 114 valence electrons. The highest BCUT2D eigenvalue weighted by atomic mass is 19.1. The van der Waals surface area contributed by atoms with Crippen LogP contribution in [0.4, 0.5) is 10.1 Å². The summed E-state index contributed by atoms with van der Waals surface area (Å²) in [5.41, 5.74) is -0.504. The minimum atomic E-state index is -0.928. The molecule has 0 saturated carbocycles. The van der Waals surface area contributed by atoms with Crippen LogP contribution in [-0.2, 0) is 0 Å². The van der Waals surface area contributed by atoms with Crippen LogP contribution in [-0.4, -0.2) is 53.9 Å². The second-order valence-electron chi connectivity index (χ2n) is 5.41. The van der Waals surface area contributed by atoms with Gasteiger partial charge in [-0.05, 0) is 39.1 Å². The van der Waals surface area contributed by atoms with E-state index < -0.39 is 16.4 Å². The van der Waals surface area contributed by atoms with Crippen molar-refractivity contribution in [3.05, 3.63) is 39.7 Å². The summed E-state index contributed by atoms with van der Waals surface area (Å²) in [5, 5.41) is 10.7. The van der Waals surface area contributed by atoms with Gasteiger partial charge in [-0.1, -0.05) is 0 Å². The predicted molar refractivity (Wildman–Crippen MR) is 75.7 cm³/mol. The van der Waals surface area contributed by atoms with E-state index in [9.17, 15) is 19.3 Å². The summed E-state index contributed by atoms with van der Waals surface area (Å²) in [6.07, 6.45) is 1.73. The Balaban J connectivity index is 2.11. The number of benzene rings is 1. The van der Waals surface area contributed by atoms with Crippen LogP contribution in [0.3, 0.4) is 0 Å². The van der Waals surface area contributed by atoms with E-state index in [4.69, 9.17) is 0 Å². The second kappa shape index (κ2) is 6.17. The fourth-order valence-corrected chi connectivity index (χ4v) is 2.55. The van der Waals surface area contributed by atoms with Crippen molar-refractivity contribution in [3.8, 4) is 0 Å². The zero-order chi connectivity index (χ0) is 15.6. The first kappa shape index (κ1) is 15.4. The standard InChI is InChI=1S/C14H18FN3O3/c1-16(2)11-5-7-17(8-6-11)14(19)10-3-4-12(15)13(9-10)18(20)21/h3-4,9,11H,5-8H2,1-2H3. The lowest BCUT2D eigenvalue weighted by atomic mass is 10.0. The molecule has 0 aliphatic carbocycles. The molecule has 7 heteroatoms. The van der Waals surface area contributed by atoms with Crippen molar-refractivity contribution in [3.63, 3.8) is 0 Å². The lowest BCUT2D eigenvalue weighted by molar-refractivity contribution is -0.387. The fraction of sp³-hybridized carbons (Fsp3) is 0.500. The molecule has 2 rings (SSSR count). The average molecular weight is 295 g/mol. The van der Waals surface area contributed by atoms with Crippen LogP contribution in [0.5, 0.6) is 0 Å². The maximum absolute atomic E-state index is 13.3. The summed E-state index contributed by atoms with van der Waals surface area (Å²) in [6.45, 7) is 1.21. The molecule has 1 aromatic carbocycles. The van der Waals surface area contributed by atoms with Gasteiger partial charge in [0.1, 0.15) is 0 Å². The first-order valence-corrected chi connectivity index (χ1v) is 6.80. The van der Waals surface area contributed by atoms with Crippen LogP contribution in [0.25, 0.3) is 0 Å². The van der Waals surface area contributed by atoms with Crippen LogP contribution in [0.1, 0.15) is 23.2 Å². The number of nitro groups is 1. The maximum atomic E-state index is 13.3. The summed E-state index contributed by atoms with van der Waals surface area (Å²) in [4.78, 5) is 26.0. The van der Waals surface area contributed by atoms with Gasteiger partial charge in [-0.2, -0.15) is 4.39 Å². The van der Waals surface area contributed by atoms with E-state index in [2.05, 4.69) is 4.90 Å². The Bertz CT molecular complexity index is 554. The first-order valence-electron chi connectivity index (χ1n) is 6.80. The van der Waals surface area contributed by atoms with Gasteiger partial charge in [-0.25, -0.2) is 0 Å². The highest BCUT2D eigenvalue weighted by Gasteiger charge is 2.26. The molecule has 1 aliphatic heterocycles. The third-order valence-corrected chi connectivity index (χ3v) is 3.87. The van der Waals surface area contributed by atoms with E-state index in [1.165, 1.54) is 6.07 Å². The molecule has 1 aromatic rings. The van der Waals surface area contributed by atoms with Gasteiger partial charge in [0.2, 0.25) is 5.82 Å². The quantitative estimate of drug-likeness (QED) is 0.631. The Kier molecular flexibility index (Phi) is 4.52. The van der Waals surface area contributed by atoms with Gasteiger partial charge in [-0.3, -0.25) is 14.9 Å². The monoisotopic (exact) mass is 295 g/mol. The normalized spacial score (nSPS) is 16.3. The molecule has 0 aromatic heterocycles. The largest absolute Gasteiger partial charge is 0.339 e. The molecule has 1 fully saturated rings. The molecule has 6 nitrogen and oxygen atoms in total. The molecule has 1 amide bonds. The third-order valence-electron chi connectivity index (χ3n) is 3.87. The van der Waals surface area contributed by atoms with Gasteiger partial charge >= 0.3 is 5.69 Å². The summed E-state index contributed by atoms with van der Waals surface area (Å²) in [7, 11) is 4.01. The van der Waals surface area contributed by atoms with Crippen molar-refractivity contribution < 1.29 is 14.1 Å². The minimum Gasteiger partial charge on any atom is -0.339 e. The summed E-state index contributed by atoms with van der Waals surface area (Å²) in [5.74, 6) is -1.21. The molecular formula is C14H18FN3O3. The fourth-order valence-electron chi connectivity index (χ4n) is 2.55. The molecule has 0 unspecified atom stereocenters. The molecule has 0 bridgehead atoms. The van der Waals surface area contributed by atoms with Gasteiger partial charge in [0.15, 0.2) is 0 Å². The molecule has 1 aliphatic rings.